The summed E-state index contributed by atoms with van der Waals surface area (Å²) in [5.74, 6) is -0.266. The number of aromatic amines is 1. The average Bonchev–Trinajstić information content (AvgIpc) is 2.65. The number of rotatable bonds is 4. The van der Waals surface area contributed by atoms with Gasteiger partial charge in [0.1, 0.15) is 0 Å². The van der Waals surface area contributed by atoms with Crippen LogP contribution in [0.4, 0.5) is 0 Å². The van der Waals surface area contributed by atoms with Crippen molar-refractivity contribution in [3.8, 4) is 0 Å². The lowest BCUT2D eigenvalue weighted by molar-refractivity contribution is -0.142. The first-order chi connectivity index (χ1) is 9.02. The summed E-state index contributed by atoms with van der Waals surface area (Å²) in [6.07, 6.45) is 0.209. The maximum atomic E-state index is 11.6. The molecular weight excluding hydrogens is 245 g/mol. The Bertz CT molecular complexity index is 606. The zero-order chi connectivity index (χ0) is 14.0. The number of hydrogen-bond acceptors (Lipinski definition) is 4. The molecule has 0 atom stereocenters. The van der Waals surface area contributed by atoms with Crippen LogP contribution >= 0.6 is 0 Å². The third-order valence-electron chi connectivity index (χ3n) is 3.07. The van der Waals surface area contributed by atoms with Crippen LogP contribution in [-0.2, 0) is 16.0 Å². The zero-order valence-electron chi connectivity index (χ0n) is 10.9. The van der Waals surface area contributed by atoms with E-state index in [0.717, 1.165) is 22.2 Å². The van der Waals surface area contributed by atoms with Crippen LogP contribution in [0.5, 0.6) is 0 Å². The Morgan fingerprint density at radius 1 is 1.42 bits per heavy atom. The van der Waals surface area contributed by atoms with Gasteiger partial charge in [0.15, 0.2) is 0 Å². The molecule has 0 saturated heterocycles. The molecule has 0 radical (unpaired) electrons. The van der Waals surface area contributed by atoms with Crippen LogP contribution in [-0.4, -0.2) is 34.7 Å². The molecule has 1 aromatic heterocycles. The van der Waals surface area contributed by atoms with Crippen molar-refractivity contribution in [2.75, 3.05) is 6.61 Å². The van der Waals surface area contributed by atoms with Crippen LogP contribution in [0.2, 0.25) is 0 Å². The molecule has 3 N–H and O–H groups in total. The first-order valence-corrected chi connectivity index (χ1v) is 6.15. The molecular formula is C13H16BNO4. The molecule has 1 aromatic carbocycles. The van der Waals surface area contributed by atoms with E-state index in [1.54, 1.807) is 25.1 Å². The van der Waals surface area contributed by atoms with Crippen LogP contribution in [0.3, 0.4) is 0 Å². The Hall–Kier alpha value is -1.79. The van der Waals surface area contributed by atoms with Gasteiger partial charge in [-0.15, -0.1) is 0 Å². The molecule has 5 nitrogen and oxygen atoms in total. The number of fused-ring (bicyclic) bond motifs is 1. The molecule has 19 heavy (non-hydrogen) atoms. The maximum absolute atomic E-state index is 11.6. The second kappa shape index (κ2) is 5.46. The first-order valence-electron chi connectivity index (χ1n) is 6.15. The number of benzene rings is 1. The highest BCUT2D eigenvalue weighted by atomic mass is 16.5. The van der Waals surface area contributed by atoms with Gasteiger partial charge in [0.2, 0.25) is 0 Å². The Morgan fingerprint density at radius 3 is 2.79 bits per heavy atom. The molecule has 2 rings (SSSR count). The van der Waals surface area contributed by atoms with Gasteiger partial charge in [-0.2, -0.15) is 0 Å². The van der Waals surface area contributed by atoms with E-state index >= 15 is 0 Å². The summed E-state index contributed by atoms with van der Waals surface area (Å²) in [4.78, 5) is 14.7. The fourth-order valence-electron chi connectivity index (χ4n) is 2.15. The molecule has 0 aliphatic rings. The number of carbonyl (C=O) groups is 1. The Kier molecular flexibility index (Phi) is 3.92. The second-order valence-electron chi connectivity index (χ2n) is 4.39. The van der Waals surface area contributed by atoms with Crippen LogP contribution < -0.4 is 5.46 Å². The number of hydrogen-bond donors (Lipinski definition) is 3. The quantitative estimate of drug-likeness (QED) is 0.544. The van der Waals surface area contributed by atoms with Crippen LogP contribution in [0.15, 0.2) is 18.2 Å². The number of aromatic nitrogens is 1. The van der Waals surface area contributed by atoms with Gasteiger partial charge >= 0.3 is 13.1 Å². The summed E-state index contributed by atoms with van der Waals surface area (Å²) >= 11 is 0. The van der Waals surface area contributed by atoms with E-state index in [0.29, 0.717) is 12.1 Å². The average molecular weight is 261 g/mol. The lowest BCUT2D eigenvalue weighted by Gasteiger charge is -2.03. The lowest BCUT2D eigenvalue weighted by atomic mass is 9.80. The van der Waals surface area contributed by atoms with Crippen molar-refractivity contribution < 1.29 is 19.6 Å². The van der Waals surface area contributed by atoms with E-state index < -0.39 is 7.12 Å². The van der Waals surface area contributed by atoms with Crippen molar-refractivity contribution in [3.63, 3.8) is 0 Å². The Balaban J connectivity index is 2.39. The Labute approximate surface area is 111 Å². The second-order valence-corrected chi connectivity index (χ2v) is 4.39. The van der Waals surface area contributed by atoms with E-state index in [1.807, 2.05) is 6.92 Å². The molecule has 0 fully saturated rings. The zero-order valence-corrected chi connectivity index (χ0v) is 10.9. The summed E-state index contributed by atoms with van der Waals surface area (Å²) in [6.45, 7) is 4.01. The number of nitrogens with one attached hydrogen (secondary N) is 1. The van der Waals surface area contributed by atoms with Gasteiger partial charge in [0.25, 0.3) is 0 Å². The molecule has 6 heteroatoms. The van der Waals surface area contributed by atoms with Crippen molar-refractivity contribution in [1.29, 1.82) is 0 Å². The van der Waals surface area contributed by atoms with Gasteiger partial charge in [0, 0.05) is 16.6 Å². The maximum Gasteiger partial charge on any atom is 0.488 e. The van der Waals surface area contributed by atoms with Crippen molar-refractivity contribution >= 4 is 29.5 Å². The molecule has 0 aliphatic carbocycles. The van der Waals surface area contributed by atoms with Crippen molar-refractivity contribution in [1.82, 2.24) is 4.98 Å². The predicted octanol–water partition coefficient (Wildman–Crippen LogP) is 0.262. The largest absolute Gasteiger partial charge is 0.488 e. The first kappa shape index (κ1) is 13.6. The lowest BCUT2D eigenvalue weighted by Crippen LogP contribution is -2.29. The monoisotopic (exact) mass is 261 g/mol. The van der Waals surface area contributed by atoms with E-state index in [1.165, 1.54) is 0 Å². The summed E-state index contributed by atoms with van der Waals surface area (Å²) in [5, 5.41) is 19.2. The molecule has 0 bridgehead atoms. The molecule has 0 saturated carbocycles. The molecule has 2 aromatic rings. The fourth-order valence-corrected chi connectivity index (χ4v) is 2.15. The van der Waals surface area contributed by atoms with Crippen molar-refractivity contribution in [2.45, 2.75) is 20.3 Å². The highest BCUT2D eigenvalue weighted by molar-refractivity contribution is 6.58. The van der Waals surface area contributed by atoms with Crippen LogP contribution in [0.25, 0.3) is 10.9 Å². The van der Waals surface area contributed by atoms with Crippen LogP contribution in [0, 0.1) is 6.92 Å². The molecule has 0 aliphatic heterocycles. The third kappa shape index (κ3) is 2.80. The third-order valence-corrected chi connectivity index (χ3v) is 3.07. The minimum absolute atomic E-state index is 0.209. The molecule has 0 unspecified atom stereocenters. The highest BCUT2D eigenvalue weighted by Crippen LogP contribution is 2.22. The number of H-pyrrole nitrogens is 1. The number of carbonyl (C=O) groups excluding carboxylic acids is 1. The van der Waals surface area contributed by atoms with Crippen molar-refractivity contribution in [3.05, 3.63) is 29.5 Å². The minimum Gasteiger partial charge on any atom is -0.466 e. The minimum atomic E-state index is -1.50. The normalized spacial score (nSPS) is 10.7. The van der Waals surface area contributed by atoms with Gasteiger partial charge in [-0.05, 0) is 30.9 Å². The smallest absolute Gasteiger partial charge is 0.466 e. The van der Waals surface area contributed by atoms with Crippen LogP contribution in [0.1, 0.15) is 18.2 Å². The van der Waals surface area contributed by atoms with Gasteiger partial charge in [0.05, 0.1) is 13.0 Å². The van der Waals surface area contributed by atoms with Gasteiger partial charge in [-0.1, -0.05) is 12.1 Å². The number of ether oxygens (including phenoxy) is 1. The number of esters is 1. The molecule has 0 amide bonds. The Morgan fingerprint density at radius 2 is 2.16 bits per heavy atom. The molecule has 100 valence electrons. The summed E-state index contributed by atoms with van der Waals surface area (Å²) in [7, 11) is -1.50. The van der Waals surface area contributed by atoms with E-state index in [2.05, 4.69) is 4.98 Å². The van der Waals surface area contributed by atoms with E-state index in [9.17, 15) is 4.79 Å². The van der Waals surface area contributed by atoms with Crippen molar-refractivity contribution in [2.24, 2.45) is 0 Å². The van der Waals surface area contributed by atoms with Gasteiger partial charge in [-0.3, -0.25) is 4.79 Å². The fraction of sp³-hybridized carbons (Fsp3) is 0.308. The summed E-state index contributed by atoms with van der Waals surface area (Å²) in [5.41, 5.74) is 2.96. The topological polar surface area (TPSA) is 82.6 Å². The van der Waals surface area contributed by atoms with Gasteiger partial charge < -0.3 is 19.8 Å². The van der Waals surface area contributed by atoms with E-state index in [-0.39, 0.29) is 12.4 Å². The highest BCUT2D eigenvalue weighted by Gasteiger charge is 2.16. The summed E-state index contributed by atoms with van der Waals surface area (Å²) < 4.78 is 4.95. The summed E-state index contributed by atoms with van der Waals surface area (Å²) in [6, 6.07) is 5.08. The SMILES string of the molecule is CCOC(=O)Cc1c(C)[nH]c2cc(B(O)O)ccc12. The predicted molar refractivity (Wildman–Crippen MR) is 73.2 cm³/mol. The molecule has 1 heterocycles. The number of aryl methyl sites for hydroxylation is 1. The van der Waals surface area contributed by atoms with Gasteiger partial charge in [-0.25, -0.2) is 0 Å². The van der Waals surface area contributed by atoms with E-state index in [4.69, 9.17) is 14.8 Å². The molecule has 0 spiro atoms. The standard InChI is InChI=1S/C13H16BNO4/c1-3-19-13(16)7-11-8(2)15-12-6-9(14(17)18)4-5-10(11)12/h4-6,15,17-18H,3,7H2,1-2H3.